The van der Waals surface area contributed by atoms with E-state index < -0.39 is 0 Å². The van der Waals surface area contributed by atoms with Gasteiger partial charge in [0.2, 0.25) is 0 Å². The van der Waals surface area contributed by atoms with Crippen molar-refractivity contribution >= 4 is 34.4 Å². The molecule has 36 heavy (non-hydrogen) atoms. The van der Waals surface area contributed by atoms with E-state index >= 15 is 0 Å². The minimum Gasteiger partial charge on any atom is -0.461 e. The predicted molar refractivity (Wildman–Crippen MR) is 142 cm³/mol. The summed E-state index contributed by atoms with van der Waals surface area (Å²) in [5.74, 6) is 0.637. The van der Waals surface area contributed by atoms with E-state index in [0.29, 0.717) is 39.3 Å². The summed E-state index contributed by atoms with van der Waals surface area (Å²) in [6, 6.07) is 11.5. The van der Waals surface area contributed by atoms with Gasteiger partial charge in [0.05, 0.1) is 16.6 Å². The molecule has 0 atom stereocenters. The van der Waals surface area contributed by atoms with Crippen molar-refractivity contribution < 1.29 is 14.3 Å². The fraction of sp³-hybridized carbons (Fsp3) is 0.200. The van der Waals surface area contributed by atoms with E-state index in [1.165, 1.54) is 0 Å². The molecule has 5 rings (SSSR count). The smallest absolute Gasteiger partial charge is 0.198 e. The first-order valence-corrected chi connectivity index (χ1v) is 11.8. The molecule has 0 radical (unpaired) electrons. The largest absolute Gasteiger partial charge is 0.461 e. The second-order valence-electron chi connectivity index (χ2n) is 10.2. The molecule has 2 heterocycles. The Labute approximate surface area is 210 Å². The number of nitrogens with zero attached hydrogens (tertiary/aromatic N) is 3. The fourth-order valence-electron chi connectivity index (χ4n) is 4.20. The average Bonchev–Trinajstić information content (AvgIpc) is 3.10. The van der Waals surface area contributed by atoms with Gasteiger partial charge in [0.25, 0.3) is 0 Å². The Hall–Kier alpha value is -4.32. The van der Waals surface area contributed by atoms with Crippen molar-refractivity contribution in [1.29, 1.82) is 0 Å². The Morgan fingerprint density at radius 2 is 1.42 bits per heavy atom. The van der Waals surface area contributed by atoms with Crippen LogP contribution >= 0.6 is 0 Å². The van der Waals surface area contributed by atoms with Crippen LogP contribution in [-0.2, 0) is 4.74 Å². The summed E-state index contributed by atoms with van der Waals surface area (Å²) in [7, 11) is 4.00. The Bertz CT molecular complexity index is 1480. The van der Waals surface area contributed by atoms with Gasteiger partial charge in [-0.25, -0.2) is 0 Å². The molecule has 6 nitrogen and oxygen atoms in total. The molecular weight excluding hydrogens is 450 g/mol. The average molecular weight is 478 g/mol. The maximum absolute atomic E-state index is 13.4. The summed E-state index contributed by atoms with van der Waals surface area (Å²) in [5.41, 5.74) is 4.38. The molecular formula is C30H27N3O3. The SMILES string of the molecule is CN(C)c1ccc(C=CC2=CC(=C3C(=O)c4cc5nccnc5cc4C3=O)C=C(C(C)(C)C)O2)cc1. The van der Waals surface area contributed by atoms with Crippen molar-refractivity contribution in [3.8, 4) is 0 Å². The van der Waals surface area contributed by atoms with E-state index in [-0.39, 0.29) is 22.6 Å². The van der Waals surface area contributed by atoms with Crippen LogP contribution in [0.3, 0.4) is 0 Å². The molecule has 0 saturated heterocycles. The third-order valence-corrected chi connectivity index (χ3v) is 6.24. The lowest BCUT2D eigenvalue weighted by molar-refractivity contribution is 0.0987. The van der Waals surface area contributed by atoms with Crippen LogP contribution in [0.1, 0.15) is 47.1 Å². The van der Waals surface area contributed by atoms with Gasteiger partial charge in [0, 0.05) is 48.7 Å². The Kier molecular flexibility index (Phi) is 5.67. The molecule has 1 aliphatic carbocycles. The van der Waals surface area contributed by atoms with E-state index in [1.54, 1.807) is 36.7 Å². The van der Waals surface area contributed by atoms with Gasteiger partial charge in [-0.1, -0.05) is 39.0 Å². The number of benzene rings is 2. The van der Waals surface area contributed by atoms with Gasteiger partial charge in [-0.2, -0.15) is 0 Å². The summed E-state index contributed by atoms with van der Waals surface area (Å²) >= 11 is 0. The Balaban J connectivity index is 1.57. The molecule has 1 aliphatic heterocycles. The van der Waals surface area contributed by atoms with Crippen LogP contribution in [0.5, 0.6) is 0 Å². The number of ketones is 2. The van der Waals surface area contributed by atoms with E-state index in [2.05, 4.69) is 9.97 Å². The highest BCUT2D eigenvalue weighted by Gasteiger charge is 2.37. The molecule has 0 bridgehead atoms. The molecule has 2 aromatic carbocycles. The lowest BCUT2D eigenvalue weighted by atomic mass is 9.89. The van der Waals surface area contributed by atoms with Crippen LogP contribution in [0, 0.1) is 5.41 Å². The van der Waals surface area contributed by atoms with Crippen LogP contribution in [-0.4, -0.2) is 35.6 Å². The van der Waals surface area contributed by atoms with E-state index in [9.17, 15) is 9.59 Å². The Morgan fingerprint density at radius 1 is 0.833 bits per heavy atom. The molecule has 3 aromatic rings. The zero-order valence-corrected chi connectivity index (χ0v) is 21.0. The molecule has 6 heteroatoms. The zero-order chi connectivity index (χ0) is 25.6. The number of allylic oxidation sites excluding steroid dienone is 6. The quantitative estimate of drug-likeness (QED) is 0.344. The summed E-state index contributed by atoms with van der Waals surface area (Å²) in [4.78, 5) is 37.5. The number of Topliss-reactive ketones (excluding diaryl/α,β-unsaturated/α-hetero) is 2. The third-order valence-electron chi connectivity index (χ3n) is 6.24. The van der Waals surface area contributed by atoms with Crippen LogP contribution in [0.25, 0.3) is 17.1 Å². The van der Waals surface area contributed by atoms with E-state index in [0.717, 1.165) is 11.3 Å². The number of carbonyl (C=O) groups is 2. The molecule has 0 saturated carbocycles. The number of aromatic nitrogens is 2. The Morgan fingerprint density at radius 3 is 1.94 bits per heavy atom. The molecule has 0 amide bonds. The zero-order valence-electron chi connectivity index (χ0n) is 21.0. The number of hydrogen-bond donors (Lipinski definition) is 0. The molecule has 180 valence electrons. The summed E-state index contributed by atoms with van der Waals surface area (Å²) in [6.07, 6.45) is 10.5. The topological polar surface area (TPSA) is 72.4 Å². The van der Waals surface area contributed by atoms with Gasteiger partial charge in [0.15, 0.2) is 11.6 Å². The van der Waals surface area contributed by atoms with Crippen molar-refractivity contribution in [3.63, 3.8) is 0 Å². The first kappa shape index (κ1) is 23.4. The summed E-state index contributed by atoms with van der Waals surface area (Å²) in [6.45, 7) is 6.10. The van der Waals surface area contributed by atoms with Gasteiger partial charge in [-0.3, -0.25) is 19.6 Å². The van der Waals surface area contributed by atoms with Crippen molar-refractivity contribution in [1.82, 2.24) is 9.97 Å². The van der Waals surface area contributed by atoms with Gasteiger partial charge in [-0.15, -0.1) is 0 Å². The van der Waals surface area contributed by atoms with Crippen LogP contribution < -0.4 is 4.90 Å². The maximum Gasteiger partial charge on any atom is 0.198 e. The molecule has 2 aliphatic rings. The van der Waals surface area contributed by atoms with Crippen molar-refractivity contribution in [2.75, 3.05) is 19.0 Å². The summed E-state index contributed by atoms with van der Waals surface area (Å²) in [5, 5.41) is 0. The number of anilines is 1. The van der Waals surface area contributed by atoms with Gasteiger partial charge >= 0.3 is 0 Å². The molecule has 0 spiro atoms. The van der Waals surface area contributed by atoms with E-state index in [4.69, 9.17) is 4.74 Å². The van der Waals surface area contributed by atoms with Crippen molar-refractivity contribution in [2.45, 2.75) is 20.8 Å². The highest BCUT2D eigenvalue weighted by atomic mass is 16.5. The minimum absolute atomic E-state index is 0.145. The number of carbonyl (C=O) groups excluding carboxylic acids is 2. The molecule has 0 unspecified atom stereocenters. The second-order valence-corrected chi connectivity index (χ2v) is 10.2. The lowest BCUT2D eigenvalue weighted by Gasteiger charge is -2.27. The highest BCUT2D eigenvalue weighted by molar-refractivity contribution is 6.40. The van der Waals surface area contributed by atoms with Gasteiger partial charge < -0.3 is 9.64 Å². The molecule has 0 fully saturated rings. The number of ether oxygens (including phenoxy) is 1. The lowest BCUT2D eigenvalue weighted by Crippen LogP contribution is -2.16. The second kappa shape index (κ2) is 8.72. The molecule has 1 aromatic heterocycles. The number of hydrogen-bond acceptors (Lipinski definition) is 6. The van der Waals surface area contributed by atoms with Crippen molar-refractivity contribution in [2.24, 2.45) is 5.41 Å². The molecule has 0 N–H and O–H groups in total. The number of rotatable bonds is 3. The number of fused-ring (bicyclic) bond motifs is 2. The van der Waals surface area contributed by atoms with Crippen molar-refractivity contribution in [3.05, 3.63) is 106 Å². The fourth-order valence-corrected chi connectivity index (χ4v) is 4.20. The maximum atomic E-state index is 13.4. The van der Waals surface area contributed by atoms with Gasteiger partial charge in [-0.05, 0) is 53.6 Å². The van der Waals surface area contributed by atoms with Crippen LogP contribution in [0.2, 0.25) is 0 Å². The summed E-state index contributed by atoms with van der Waals surface area (Å²) < 4.78 is 6.19. The van der Waals surface area contributed by atoms with Crippen LogP contribution in [0.4, 0.5) is 5.69 Å². The first-order valence-electron chi connectivity index (χ1n) is 11.8. The normalized spacial score (nSPS) is 15.8. The standard InChI is InChI=1S/C30H27N3O3/c1-30(2,3)26-15-19(14-21(36-26)11-8-18-6-9-20(10-7-18)33(4)5)27-28(34)22-16-24-25(32-13-12-31-24)17-23(22)29(27)35/h6-17H,1-5H3. The monoisotopic (exact) mass is 477 g/mol. The predicted octanol–water partition coefficient (Wildman–Crippen LogP) is 5.93. The van der Waals surface area contributed by atoms with Gasteiger partial charge in [0.1, 0.15) is 11.5 Å². The van der Waals surface area contributed by atoms with E-state index in [1.807, 2.05) is 76.2 Å². The van der Waals surface area contributed by atoms with Crippen LogP contribution in [0.15, 0.2) is 89.7 Å². The minimum atomic E-state index is -0.327. The first-order chi connectivity index (χ1) is 17.1. The highest BCUT2D eigenvalue weighted by Crippen LogP contribution is 2.38. The third kappa shape index (κ3) is 4.26.